The third-order valence-corrected chi connectivity index (χ3v) is 6.18. The second-order valence-corrected chi connectivity index (χ2v) is 6.98. The zero-order valence-electron chi connectivity index (χ0n) is 12.1. The van der Waals surface area contributed by atoms with Gasteiger partial charge >= 0.3 is 5.97 Å². The van der Waals surface area contributed by atoms with Crippen molar-refractivity contribution >= 4 is 5.97 Å². The largest absolute Gasteiger partial charge is 0.461 e. The van der Waals surface area contributed by atoms with Crippen molar-refractivity contribution in [2.75, 3.05) is 0 Å². The van der Waals surface area contributed by atoms with Gasteiger partial charge in [0, 0.05) is 23.7 Å². The van der Waals surface area contributed by atoms with Gasteiger partial charge in [0.1, 0.15) is 6.10 Å². The van der Waals surface area contributed by atoms with Crippen LogP contribution in [0, 0.1) is 26.9 Å². The molecule has 5 atom stereocenters. The van der Waals surface area contributed by atoms with Crippen LogP contribution in [0.25, 0.3) is 0 Å². The Labute approximate surface area is 118 Å². The number of carbonyl (C=O) groups is 1. The lowest BCUT2D eigenvalue weighted by Crippen LogP contribution is -2.46. The zero-order valence-corrected chi connectivity index (χ0v) is 12.1. The summed E-state index contributed by atoms with van der Waals surface area (Å²) in [5, 5.41) is 11.4. The molecule has 0 aromatic carbocycles. The maximum Gasteiger partial charge on any atom is 0.313 e. The number of hydrogen-bond acceptors (Lipinski definition) is 4. The molecular weight excluding hydrogens is 258 g/mol. The van der Waals surface area contributed by atoms with E-state index in [2.05, 4.69) is 6.58 Å². The minimum absolute atomic E-state index is 0.132. The van der Waals surface area contributed by atoms with Gasteiger partial charge in [0.25, 0.3) is 0 Å². The Balaban J connectivity index is 2.06. The first-order valence-corrected chi connectivity index (χ1v) is 7.32. The second kappa shape index (κ2) is 4.06. The fraction of sp³-hybridized carbons (Fsp3) is 0.800. The summed E-state index contributed by atoms with van der Waals surface area (Å²) in [5.41, 5.74) is -0.201. The molecule has 1 saturated heterocycles. The summed E-state index contributed by atoms with van der Waals surface area (Å²) in [5.74, 6) is -0.0616. The summed E-state index contributed by atoms with van der Waals surface area (Å²) in [7, 11) is 0. The molecule has 0 aromatic heterocycles. The molecular formula is C15H21NO4. The first kappa shape index (κ1) is 13.6. The minimum Gasteiger partial charge on any atom is -0.461 e. The summed E-state index contributed by atoms with van der Waals surface area (Å²) in [6.45, 7) is 7.89. The normalized spacial score (nSPS) is 46.5. The summed E-state index contributed by atoms with van der Waals surface area (Å²) >= 11 is 0. The highest BCUT2D eigenvalue weighted by Crippen LogP contribution is 2.65. The molecule has 3 aliphatic rings. The maximum absolute atomic E-state index is 12.5. The molecule has 0 radical (unpaired) electrons. The number of ether oxygens (including phenoxy) is 1. The van der Waals surface area contributed by atoms with E-state index in [-0.39, 0.29) is 22.9 Å². The number of rotatable bonds is 2. The van der Waals surface area contributed by atoms with Crippen LogP contribution in [0.1, 0.15) is 46.0 Å². The van der Waals surface area contributed by atoms with Gasteiger partial charge in [-0.3, -0.25) is 14.9 Å². The summed E-state index contributed by atoms with van der Waals surface area (Å²) in [6, 6.07) is -0.627. The van der Waals surface area contributed by atoms with E-state index in [0.29, 0.717) is 25.7 Å². The number of hydrogen-bond donors (Lipinski definition) is 0. The molecule has 2 saturated carbocycles. The first-order chi connectivity index (χ1) is 9.32. The monoisotopic (exact) mass is 279 g/mol. The highest BCUT2D eigenvalue weighted by atomic mass is 16.6. The van der Waals surface area contributed by atoms with E-state index in [1.165, 1.54) is 0 Å². The summed E-state index contributed by atoms with van der Waals surface area (Å²) in [4.78, 5) is 23.7. The topological polar surface area (TPSA) is 69.4 Å². The van der Waals surface area contributed by atoms with Gasteiger partial charge < -0.3 is 4.74 Å². The quantitative estimate of drug-likeness (QED) is 0.337. The first-order valence-electron chi connectivity index (χ1n) is 7.32. The van der Waals surface area contributed by atoms with Gasteiger partial charge in [0.15, 0.2) is 0 Å². The Bertz CT molecular complexity index is 502. The molecule has 3 fully saturated rings. The zero-order chi connectivity index (χ0) is 14.7. The van der Waals surface area contributed by atoms with Crippen LogP contribution in [-0.4, -0.2) is 23.0 Å². The van der Waals surface area contributed by atoms with Crippen molar-refractivity contribution in [2.24, 2.45) is 16.7 Å². The predicted octanol–water partition coefficient (Wildman–Crippen LogP) is 2.72. The third-order valence-electron chi connectivity index (χ3n) is 6.18. The van der Waals surface area contributed by atoms with Gasteiger partial charge in [-0.15, -0.1) is 0 Å². The van der Waals surface area contributed by atoms with E-state index in [1.807, 2.05) is 13.8 Å². The highest BCUT2D eigenvalue weighted by Gasteiger charge is 2.71. The van der Waals surface area contributed by atoms with Crippen molar-refractivity contribution in [2.45, 2.75) is 58.1 Å². The molecule has 5 nitrogen and oxygen atoms in total. The molecule has 5 heteroatoms. The van der Waals surface area contributed by atoms with Crippen molar-refractivity contribution in [3.63, 3.8) is 0 Å². The van der Waals surface area contributed by atoms with E-state index >= 15 is 0 Å². The molecule has 2 aliphatic carbocycles. The number of nitro groups is 1. The van der Waals surface area contributed by atoms with E-state index < -0.39 is 16.9 Å². The standard InChI is InChI=1S/C15H21NO4/c1-9(2)10-4-6-14(3)12(16(18)19)5-7-15(14)8-11(10)20-13(15)17/h10-12H,1,4-8H2,2-3H3. The molecule has 110 valence electrons. The van der Waals surface area contributed by atoms with Crippen LogP contribution in [0.15, 0.2) is 12.2 Å². The Kier molecular flexibility index (Phi) is 2.76. The maximum atomic E-state index is 12.5. The van der Waals surface area contributed by atoms with Gasteiger partial charge in [-0.05, 0) is 26.2 Å². The van der Waals surface area contributed by atoms with Gasteiger partial charge in [-0.25, -0.2) is 0 Å². The lowest BCUT2D eigenvalue weighted by Gasteiger charge is -2.37. The van der Waals surface area contributed by atoms with Crippen molar-refractivity contribution < 1.29 is 14.5 Å². The van der Waals surface area contributed by atoms with Gasteiger partial charge in [0.2, 0.25) is 6.04 Å². The van der Waals surface area contributed by atoms with Crippen LogP contribution in [0.4, 0.5) is 0 Å². The third kappa shape index (κ3) is 1.46. The van der Waals surface area contributed by atoms with Crippen LogP contribution in [-0.2, 0) is 9.53 Å². The summed E-state index contributed by atoms with van der Waals surface area (Å²) < 4.78 is 5.61. The summed E-state index contributed by atoms with van der Waals surface area (Å²) in [6.07, 6.45) is 3.12. The smallest absolute Gasteiger partial charge is 0.313 e. The molecule has 20 heavy (non-hydrogen) atoms. The molecule has 1 aliphatic heterocycles. The molecule has 1 heterocycles. The predicted molar refractivity (Wildman–Crippen MR) is 72.6 cm³/mol. The van der Waals surface area contributed by atoms with Crippen LogP contribution in [0.5, 0.6) is 0 Å². The van der Waals surface area contributed by atoms with Crippen molar-refractivity contribution in [1.82, 2.24) is 0 Å². The number of fused-ring (bicyclic) bond motifs is 1. The molecule has 2 bridgehead atoms. The van der Waals surface area contributed by atoms with E-state index in [0.717, 1.165) is 12.0 Å². The van der Waals surface area contributed by atoms with Gasteiger partial charge in [0.05, 0.1) is 10.8 Å². The van der Waals surface area contributed by atoms with Crippen LogP contribution in [0.2, 0.25) is 0 Å². The fourth-order valence-corrected chi connectivity index (χ4v) is 4.87. The van der Waals surface area contributed by atoms with Gasteiger partial charge in [-0.2, -0.15) is 0 Å². The lowest BCUT2D eigenvalue weighted by atomic mass is 9.63. The van der Waals surface area contributed by atoms with Crippen LogP contribution in [0.3, 0.4) is 0 Å². The highest BCUT2D eigenvalue weighted by molar-refractivity contribution is 5.81. The molecule has 5 unspecified atom stereocenters. The second-order valence-electron chi connectivity index (χ2n) is 6.98. The number of nitrogens with zero attached hydrogens (tertiary/aromatic N) is 1. The Morgan fingerprint density at radius 2 is 2.15 bits per heavy atom. The molecule has 3 rings (SSSR count). The van der Waals surface area contributed by atoms with E-state index in [4.69, 9.17) is 4.74 Å². The van der Waals surface area contributed by atoms with Gasteiger partial charge in [-0.1, -0.05) is 19.1 Å². The molecule has 0 N–H and O–H groups in total. The number of carbonyl (C=O) groups excluding carboxylic acids is 1. The Morgan fingerprint density at radius 3 is 2.75 bits per heavy atom. The lowest BCUT2D eigenvalue weighted by molar-refractivity contribution is -0.540. The van der Waals surface area contributed by atoms with E-state index in [1.54, 1.807) is 0 Å². The molecule has 1 spiro atoms. The SMILES string of the molecule is C=C(C)C1CCC2(C)C([N+](=O)[O-])CCC23CC1OC3=O. The minimum atomic E-state index is -0.639. The van der Waals surface area contributed by atoms with Crippen LogP contribution >= 0.6 is 0 Å². The van der Waals surface area contributed by atoms with E-state index in [9.17, 15) is 14.9 Å². The van der Waals surface area contributed by atoms with Crippen molar-refractivity contribution in [1.29, 1.82) is 0 Å². The Hall–Kier alpha value is -1.39. The average Bonchev–Trinajstić information content (AvgIpc) is 2.76. The number of esters is 1. The average molecular weight is 279 g/mol. The van der Waals surface area contributed by atoms with Crippen molar-refractivity contribution in [3.05, 3.63) is 22.3 Å². The molecule has 0 aromatic rings. The van der Waals surface area contributed by atoms with Crippen LogP contribution < -0.4 is 0 Å². The molecule has 0 amide bonds. The van der Waals surface area contributed by atoms with Crippen molar-refractivity contribution in [3.8, 4) is 0 Å². The fourth-order valence-electron chi connectivity index (χ4n) is 4.87. The Morgan fingerprint density at radius 1 is 1.45 bits per heavy atom.